The lowest BCUT2D eigenvalue weighted by Crippen LogP contribution is -2.44. The molecule has 2 aromatic carbocycles. The summed E-state index contributed by atoms with van der Waals surface area (Å²) in [4.78, 5) is 32.7. The Labute approximate surface area is 157 Å². The molecule has 9 heteroatoms. The van der Waals surface area contributed by atoms with Crippen LogP contribution in [0.4, 0.5) is 11.4 Å². The van der Waals surface area contributed by atoms with E-state index in [1.165, 1.54) is 5.19 Å². The number of benzene rings is 2. The number of carbonyl (C=O) groups excluding carboxylic acids is 1. The van der Waals surface area contributed by atoms with Crippen molar-refractivity contribution in [1.82, 2.24) is 0 Å². The van der Waals surface area contributed by atoms with Crippen LogP contribution >= 0.6 is 0 Å². The first-order valence-electron chi connectivity index (χ1n) is 8.30. The lowest BCUT2D eigenvalue weighted by Gasteiger charge is -2.26. The Morgan fingerprint density at radius 2 is 1.56 bits per heavy atom. The van der Waals surface area contributed by atoms with E-state index in [9.17, 15) is 25.0 Å². The van der Waals surface area contributed by atoms with E-state index in [2.05, 4.69) is 13.1 Å². The standard InChI is InChI=1S/C18H20N2O6Si/c1-13(12-27(2,3)17-7-5-4-6-8-17)26-18(21)14-9-15(19(22)23)11-16(10-14)20(24)25/h4-11,13H,12H2,1-3H3. The first-order chi connectivity index (χ1) is 12.6. The zero-order valence-corrected chi connectivity index (χ0v) is 16.2. The Morgan fingerprint density at radius 1 is 1.04 bits per heavy atom. The second-order valence-corrected chi connectivity index (χ2v) is 11.7. The summed E-state index contributed by atoms with van der Waals surface area (Å²) in [6, 6.07) is 13.4. The van der Waals surface area contributed by atoms with Crippen LogP contribution in [0.2, 0.25) is 19.1 Å². The average Bonchev–Trinajstić information content (AvgIpc) is 2.61. The van der Waals surface area contributed by atoms with Gasteiger partial charge in [0, 0.05) is 12.1 Å². The van der Waals surface area contributed by atoms with E-state index < -0.39 is 41.4 Å². The molecule has 0 aliphatic heterocycles. The van der Waals surface area contributed by atoms with Gasteiger partial charge in [0.2, 0.25) is 0 Å². The maximum atomic E-state index is 12.4. The van der Waals surface area contributed by atoms with E-state index in [4.69, 9.17) is 4.74 Å². The van der Waals surface area contributed by atoms with E-state index >= 15 is 0 Å². The van der Waals surface area contributed by atoms with Gasteiger partial charge in [0.15, 0.2) is 0 Å². The molecule has 0 amide bonds. The number of nitro groups is 2. The Hall–Kier alpha value is -3.07. The van der Waals surface area contributed by atoms with E-state index in [1.807, 2.05) is 30.3 Å². The van der Waals surface area contributed by atoms with Gasteiger partial charge in [-0.2, -0.15) is 0 Å². The number of nitro benzene ring substituents is 2. The fraction of sp³-hybridized carbons (Fsp3) is 0.278. The van der Waals surface area contributed by atoms with Crippen molar-refractivity contribution in [1.29, 1.82) is 0 Å². The molecule has 142 valence electrons. The van der Waals surface area contributed by atoms with Gasteiger partial charge in [0.05, 0.1) is 35.7 Å². The van der Waals surface area contributed by atoms with Crippen LogP contribution in [0.15, 0.2) is 48.5 Å². The highest BCUT2D eigenvalue weighted by Crippen LogP contribution is 2.24. The molecule has 0 fully saturated rings. The summed E-state index contributed by atoms with van der Waals surface area (Å²) in [7, 11) is -1.86. The molecule has 1 atom stereocenters. The maximum Gasteiger partial charge on any atom is 0.338 e. The summed E-state index contributed by atoms with van der Waals surface area (Å²) in [5.74, 6) is -0.813. The predicted molar refractivity (Wildman–Crippen MR) is 103 cm³/mol. The van der Waals surface area contributed by atoms with E-state index in [0.717, 1.165) is 18.2 Å². The highest BCUT2D eigenvalue weighted by Gasteiger charge is 2.28. The van der Waals surface area contributed by atoms with Gasteiger partial charge in [0.25, 0.3) is 11.4 Å². The van der Waals surface area contributed by atoms with Gasteiger partial charge < -0.3 is 4.74 Å². The largest absolute Gasteiger partial charge is 0.459 e. The topological polar surface area (TPSA) is 113 Å². The van der Waals surface area contributed by atoms with Crippen molar-refractivity contribution in [3.8, 4) is 0 Å². The van der Waals surface area contributed by atoms with E-state index in [1.54, 1.807) is 6.92 Å². The van der Waals surface area contributed by atoms with Crippen molar-refractivity contribution >= 4 is 30.6 Å². The molecule has 1 unspecified atom stereocenters. The van der Waals surface area contributed by atoms with Crippen LogP contribution in [-0.4, -0.2) is 30.0 Å². The molecule has 0 aromatic heterocycles. The van der Waals surface area contributed by atoms with Crippen molar-refractivity contribution in [2.75, 3.05) is 0 Å². The van der Waals surface area contributed by atoms with Gasteiger partial charge >= 0.3 is 5.97 Å². The smallest absolute Gasteiger partial charge is 0.338 e. The zero-order valence-electron chi connectivity index (χ0n) is 15.2. The first kappa shape index (κ1) is 20.2. The van der Waals surface area contributed by atoms with Crippen LogP contribution in [0.5, 0.6) is 0 Å². The van der Waals surface area contributed by atoms with Crippen LogP contribution in [0.25, 0.3) is 0 Å². The highest BCUT2D eigenvalue weighted by molar-refractivity contribution is 6.89. The molecule has 27 heavy (non-hydrogen) atoms. The summed E-state index contributed by atoms with van der Waals surface area (Å²) < 4.78 is 5.41. The molecule has 8 nitrogen and oxygen atoms in total. The Balaban J connectivity index is 2.16. The van der Waals surface area contributed by atoms with Gasteiger partial charge in [-0.25, -0.2) is 4.79 Å². The maximum absolute atomic E-state index is 12.4. The Morgan fingerprint density at radius 3 is 2.04 bits per heavy atom. The molecule has 0 saturated heterocycles. The Bertz CT molecular complexity index is 837. The summed E-state index contributed by atoms with van der Waals surface area (Å²) >= 11 is 0. The third-order valence-corrected chi connectivity index (χ3v) is 7.71. The minimum Gasteiger partial charge on any atom is -0.459 e. The number of hydrogen-bond acceptors (Lipinski definition) is 6. The monoisotopic (exact) mass is 388 g/mol. The minimum absolute atomic E-state index is 0.207. The Kier molecular flexibility index (Phi) is 6.06. The van der Waals surface area contributed by atoms with Crippen molar-refractivity contribution in [3.05, 3.63) is 74.3 Å². The van der Waals surface area contributed by atoms with Gasteiger partial charge in [0.1, 0.15) is 0 Å². The second kappa shape index (κ2) is 8.08. The fourth-order valence-corrected chi connectivity index (χ4v) is 5.79. The molecule has 0 radical (unpaired) electrons. The number of carbonyl (C=O) groups is 1. The molecule has 0 spiro atoms. The number of hydrogen-bond donors (Lipinski definition) is 0. The van der Waals surface area contributed by atoms with Crippen molar-refractivity contribution in [2.45, 2.75) is 32.2 Å². The van der Waals surface area contributed by atoms with Gasteiger partial charge in [-0.1, -0.05) is 48.6 Å². The number of esters is 1. The minimum atomic E-state index is -1.86. The van der Waals surface area contributed by atoms with Crippen molar-refractivity contribution < 1.29 is 19.4 Å². The summed E-state index contributed by atoms with van der Waals surface area (Å²) in [6.07, 6.45) is -0.433. The first-order valence-corrected chi connectivity index (χ1v) is 11.5. The molecular formula is C18H20N2O6Si. The van der Waals surface area contributed by atoms with E-state index in [-0.39, 0.29) is 5.56 Å². The summed E-state index contributed by atoms with van der Waals surface area (Å²) in [5, 5.41) is 23.1. The average molecular weight is 388 g/mol. The van der Waals surface area contributed by atoms with Crippen LogP contribution in [0, 0.1) is 20.2 Å². The lowest BCUT2D eigenvalue weighted by atomic mass is 10.2. The number of non-ortho nitro benzene ring substituents is 2. The molecule has 0 saturated carbocycles. The molecule has 2 aromatic rings. The predicted octanol–water partition coefficient (Wildman–Crippen LogP) is 3.66. The van der Waals surface area contributed by atoms with Crippen LogP contribution in [0.1, 0.15) is 17.3 Å². The normalized spacial score (nSPS) is 12.3. The van der Waals surface area contributed by atoms with Crippen LogP contribution in [-0.2, 0) is 4.74 Å². The molecule has 0 aliphatic carbocycles. The zero-order chi connectivity index (χ0) is 20.2. The molecule has 2 rings (SSSR count). The van der Waals surface area contributed by atoms with Crippen LogP contribution in [0.3, 0.4) is 0 Å². The SMILES string of the molecule is CC(C[Si](C)(C)c1ccccc1)OC(=O)c1cc([N+](=O)[O-])cc([N+](=O)[O-])c1. The van der Waals surface area contributed by atoms with Crippen molar-refractivity contribution in [2.24, 2.45) is 0 Å². The number of nitrogens with zero attached hydrogens (tertiary/aromatic N) is 2. The lowest BCUT2D eigenvalue weighted by molar-refractivity contribution is -0.394. The molecule has 0 heterocycles. The van der Waals surface area contributed by atoms with Crippen molar-refractivity contribution in [3.63, 3.8) is 0 Å². The molecule has 0 N–H and O–H groups in total. The summed E-state index contributed by atoms with van der Waals surface area (Å²) in [5.41, 5.74) is -1.26. The van der Waals surface area contributed by atoms with Gasteiger partial charge in [-0.3, -0.25) is 20.2 Å². The molecule has 0 bridgehead atoms. The molecular weight excluding hydrogens is 368 g/mol. The van der Waals surface area contributed by atoms with Gasteiger partial charge in [-0.15, -0.1) is 0 Å². The van der Waals surface area contributed by atoms with Gasteiger partial charge in [-0.05, 0) is 13.0 Å². The fourth-order valence-electron chi connectivity index (χ4n) is 2.94. The third kappa shape index (κ3) is 5.20. The van der Waals surface area contributed by atoms with E-state index in [0.29, 0.717) is 6.04 Å². The van der Waals surface area contributed by atoms with Crippen LogP contribution < -0.4 is 5.19 Å². The number of ether oxygens (including phenoxy) is 1. The summed E-state index contributed by atoms with van der Waals surface area (Å²) in [6.45, 7) is 6.07. The highest BCUT2D eigenvalue weighted by atomic mass is 28.3. The molecule has 0 aliphatic rings. The number of rotatable bonds is 7. The quantitative estimate of drug-likeness (QED) is 0.309. The second-order valence-electron chi connectivity index (χ2n) is 6.92. The third-order valence-electron chi connectivity index (χ3n) is 4.22.